The molecule has 7 aromatic rings. The molecule has 2 heterocycles. The van der Waals surface area contributed by atoms with Crippen LogP contribution in [0.4, 0.5) is 0 Å². The van der Waals surface area contributed by atoms with Crippen LogP contribution in [0.15, 0.2) is 120 Å². The lowest BCUT2D eigenvalue weighted by molar-refractivity contribution is 0.669. The van der Waals surface area contributed by atoms with Gasteiger partial charge in [0.05, 0.1) is 11.2 Å². The number of hydrogen-bond donors (Lipinski definition) is 0. The highest BCUT2D eigenvalue weighted by Crippen LogP contribution is 2.38. The zero-order valence-corrected chi connectivity index (χ0v) is 19.9. The Morgan fingerprint density at radius 3 is 2.17 bits per heavy atom. The second-order valence-electron chi connectivity index (χ2n) is 8.78. The summed E-state index contributed by atoms with van der Waals surface area (Å²) < 4.78 is 6.11. The predicted octanol–water partition coefficient (Wildman–Crippen LogP) is 9.18. The minimum Gasteiger partial charge on any atom is -0.456 e. The normalized spacial score (nSPS) is 11.5. The summed E-state index contributed by atoms with van der Waals surface area (Å²) in [4.78, 5) is 10.1. The number of aromatic nitrogens is 2. The van der Waals surface area contributed by atoms with Crippen molar-refractivity contribution in [2.75, 3.05) is 0 Å². The summed E-state index contributed by atoms with van der Waals surface area (Å²) >= 11 is 6.22. The van der Waals surface area contributed by atoms with Crippen LogP contribution in [-0.2, 0) is 0 Å². The number of para-hydroxylation sites is 1. The monoisotopic (exact) mass is 482 g/mol. The van der Waals surface area contributed by atoms with Crippen LogP contribution in [0.1, 0.15) is 0 Å². The number of fused-ring (bicyclic) bond motifs is 4. The fourth-order valence-electron chi connectivity index (χ4n) is 4.85. The molecule has 0 atom stereocenters. The van der Waals surface area contributed by atoms with Gasteiger partial charge in [-0.15, -0.1) is 0 Å². The molecule has 0 spiro atoms. The lowest BCUT2D eigenvalue weighted by atomic mass is 10.0. The van der Waals surface area contributed by atoms with Gasteiger partial charge in [-0.1, -0.05) is 96.5 Å². The van der Waals surface area contributed by atoms with Crippen molar-refractivity contribution >= 4 is 44.4 Å². The first-order valence-electron chi connectivity index (χ1n) is 11.8. The molecule has 0 amide bonds. The zero-order chi connectivity index (χ0) is 24.1. The molecule has 0 radical (unpaired) electrons. The fraction of sp³-hybridized carbons (Fsp3) is 0. The van der Waals surface area contributed by atoms with Crippen LogP contribution in [-0.4, -0.2) is 9.97 Å². The van der Waals surface area contributed by atoms with Crippen LogP contribution in [0, 0.1) is 0 Å². The molecule has 0 saturated heterocycles. The van der Waals surface area contributed by atoms with Gasteiger partial charge >= 0.3 is 0 Å². The molecular weight excluding hydrogens is 464 g/mol. The molecule has 0 aliphatic heterocycles. The van der Waals surface area contributed by atoms with E-state index in [1.165, 1.54) is 11.1 Å². The van der Waals surface area contributed by atoms with E-state index in [-0.39, 0.29) is 0 Å². The Hall–Kier alpha value is -4.47. The van der Waals surface area contributed by atoms with Crippen LogP contribution in [0.5, 0.6) is 0 Å². The Balaban J connectivity index is 1.44. The van der Waals surface area contributed by atoms with Gasteiger partial charge in [-0.25, -0.2) is 9.97 Å². The molecule has 3 nitrogen and oxygen atoms in total. The Labute approximate surface area is 212 Å². The van der Waals surface area contributed by atoms with Crippen molar-refractivity contribution in [1.29, 1.82) is 0 Å². The molecule has 36 heavy (non-hydrogen) atoms. The van der Waals surface area contributed by atoms with E-state index >= 15 is 0 Å². The number of benzene rings is 5. The highest BCUT2D eigenvalue weighted by molar-refractivity contribution is 6.31. The molecule has 7 rings (SSSR count). The molecule has 0 N–H and O–H groups in total. The van der Waals surface area contributed by atoms with E-state index in [0.717, 1.165) is 49.7 Å². The third-order valence-corrected chi connectivity index (χ3v) is 6.80. The SMILES string of the molecule is Clc1ccc2c(c1)oc1cccc(-c3nc(-c4ccc(-c5ccccc5)cc4)c4ccccc4n3)c12. The Kier molecular flexibility index (Phi) is 4.83. The van der Waals surface area contributed by atoms with Crippen LogP contribution < -0.4 is 0 Å². The second-order valence-corrected chi connectivity index (χ2v) is 9.21. The highest BCUT2D eigenvalue weighted by atomic mass is 35.5. The van der Waals surface area contributed by atoms with E-state index in [0.29, 0.717) is 10.8 Å². The summed E-state index contributed by atoms with van der Waals surface area (Å²) in [5.74, 6) is 0.666. The third-order valence-electron chi connectivity index (χ3n) is 6.57. The Morgan fingerprint density at radius 1 is 0.556 bits per heavy atom. The Bertz CT molecular complexity index is 1890. The molecular formula is C32H19ClN2O. The van der Waals surface area contributed by atoms with Crippen molar-refractivity contribution < 1.29 is 4.42 Å². The minimum absolute atomic E-state index is 0.645. The molecule has 5 aromatic carbocycles. The molecule has 0 bridgehead atoms. The first kappa shape index (κ1) is 20.9. The van der Waals surface area contributed by atoms with Gasteiger partial charge in [0.1, 0.15) is 11.2 Å². The largest absolute Gasteiger partial charge is 0.456 e. The van der Waals surface area contributed by atoms with E-state index < -0.39 is 0 Å². The van der Waals surface area contributed by atoms with E-state index in [1.54, 1.807) is 0 Å². The van der Waals surface area contributed by atoms with Gasteiger partial charge in [0.25, 0.3) is 0 Å². The van der Waals surface area contributed by atoms with Crippen molar-refractivity contribution in [2.45, 2.75) is 0 Å². The van der Waals surface area contributed by atoms with Crippen LogP contribution >= 0.6 is 11.6 Å². The summed E-state index contributed by atoms with van der Waals surface area (Å²) in [5, 5.41) is 3.65. The molecule has 0 fully saturated rings. The van der Waals surface area contributed by atoms with Gasteiger partial charge in [-0.05, 0) is 35.4 Å². The summed E-state index contributed by atoms with van der Waals surface area (Å²) in [6, 6.07) is 38.8. The van der Waals surface area contributed by atoms with Gasteiger partial charge in [0.15, 0.2) is 5.82 Å². The topological polar surface area (TPSA) is 38.9 Å². The van der Waals surface area contributed by atoms with Crippen molar-refractivity contribution in [3.8, 4) is 33.8 Å². The molecule has 4 heteroatoms. The van der Waals surface area contributed by atoms with Crippen molar-refractivity contribution in [2.24, 2.45) is 0 Å². The van der Waals surface area contributed by atoms with Crippen molar-refractivity contribution in [1.82, 2.24) is 9.97 Å². The summed E-state index contributed by atoms with van der Waals surface area (Å²) in [6.45, 7) is 0. The van der Waals surface area contributed by atoms with Crippen LogP contribution in [0.2, 0.25) is 5.02 Å². The lowest BCUT2D eigenvalue weighted by Crippen LogP contribution is -1.95. The fourth-order valence-corrected chi connectivity index (χ4v) is 5.02. The maximum atomic E-state index is 6.22. The van der Waals surface area contributed by atoms with E-state index in [4.69, 9.17) is 26.0 Å². The zero-order valence-electron chi connectivity index (χ0n) is 19.2. The van der Waals surface area contributed by atoms with Gasteiger partial charge < -0.3 is 4.42 Å². The van der Waals surface area contributed by atoms with Crippen LogP contribution in [0.3, 0.4) is 0 Å². The van der Waals surface area contributed by atoms with Crippen LogP contribution in [0.25, 0.3) is 66.6 Å². The molecule has 0 unspecified atom stereocenters. The first-order valence-corrected chi connectivity index (χ1v) is 12.2. The number of hydrogen-bond acceptors (Lipinski definition) is 3. The summed E-state index contributed by atoms with van der Waals surface area (Å²) in [5.41, 5.74) is 7.69. The Morgan fingerprint density at radius 2 is 1.31 bits per heavy atom. The van der Waals surface area contributed by atoms with Crippen molar-refractivity contribution in [3.05, 3.63) is 120 Å². The molecule has 2 aromatic heterocycles. The maximum Gasteiger partial charge on any atom is 0.161 e. The standard InChI is InChI=1S/C32H19ClN2O/c33-23-17-18-25-29(19-23)36-28-12-6-10-26(30(25)28)32-34-27-11-5-4-9-24(27)31(35-32)22-15-13-21(14-16-22)20-7-2-1-3-8-20/h1-19H. The van der Waals surface area contributed by atoms with Crippen molar-refractivity contribution in [3.63, 3.8) is 0 Å². The molecule has 170 valence electrons. The number of rotatable bonds is 3. The highest BCUT2D eigenvalue weighted by Gasteiger charge is 2.17. The van der Waals surface area contributed by atoms with Gasteiger partial charge in [-0.2, -0.15) is 0 Å². The average Bonchev–Trinajstić information content (AvgIpc) is 3.31. The van der Waals surface area contributed by atoms with E-state index in [2.05, 4.69) is 60.7 Å². The predicted molar refractivity (Wildman–Crippen MR) is 148 cm³/mol. The second kappa shape index (κ2) is 8.33. The number of nitrogens with zero attached hydrogens (tertiary/aromatic N) is 2. The maximum absolute atomic E-state index is 6.22. The number of halogens is 1. The van der Waals surface area contributed by atoms with Gasteiger partial charge in [0, 0.05) is 38.4 Å². The summed E-state index contributed by atoms with van der Waals surface area (Å²) in [7, 11) is 0. The third kappa shape index (κ3) is 3.44. The molecule has 0 saturated carbocycles. The molecule has 0 aliphatic rings. The quantitative estimate of drug-likeness (QED) is 0.252. The average molecular weight is 483 g/mol. The first-order chi connectivity index (χ1) is 17.7. The van der Waals surface area contributed by atoms with Gasteiger partial charge in [0.2, 0.25) is 0 Å². The summed E-state index contributed by atoms with van der Waals surface area (Å²) in [6.07, 6.45) is 0. The van der Waals surface area contributed by atoms with Gasteiger partial charge in [-0.3, -0.25) is 0 Å². The molecule has 0 aliphatic carbocycles. The smallest absolute Gasteiger partial charge is 0.161 e. The van der Waals surface area contributed by atoms with E-state index in [1.807, 2.05) is 54.6 Å². The number of furan rings is 1. The minimum atomic E-state index is 0.645. The lowest BCUT2D eigenvalue weighted by Gasteiger charge is -2.11. The van der Waals surface area contributed by atoms with E-state index in [9.17, 15) is 0 Å².